The second-order valence-corrected chi connectivity index (χ2v) is 10.1. The zero-order valence-electron chi connectivity index (χ0n) is 14.9. The summed E-state index contributed by atoms with van der Waals surface area (Å²) in [6.45, 7) is 2.32. The second kappa shape index (κ2) is 8.30. The van der Waals surface area contributed by atoms with Gasteiger partial charge >= 0.3 is 0 Å². The van der Waals surface area contributed by atoms with Gasteiger partial charge in [-0.25, -0.2) is 8.42 Å². The fourth-order valence-electron chi connectivity index (χ4n) is 2.38. The van der Waals surface area contributed by atoms with Gasteiger partial charge in [0.25, 0.3) is 15.9 Å². The Bertz CT molecular complexity index is 1080. The normalized spacial score (nSPS) is 12.6. The average molecular weight is 422 g/mol. The molecule has 3 aromatic rings. The summed E-state index contributed by atoms with van der Waals surface area (Å²) in [5.41, 5.74) is 2.29. The Morgan fingerprint density at radius 3 is 2.56 bits per heavy atom. The van der Waals surface area contributed by atoms with Crippen LogP contribution in [0.3, 0.4) is 0 Å². The predicted octanol–water partition coefficient (Wildman–Crippen LogP) is 2.72. The lowest BCUT2D eigenvalue weighted by Crippen LogP contribution is -2.32. The SMILES string of the molecule is Cc1ccc(Cn2ccsc2=NC(=O)CN(C)S(=O)(=O)c2cccs2)cc1. The molecule has 0 aliphatic carbocycles. The third kappa shape index (κ3) is 4.81. The van der Waals surface area contributed by atoms with Gasteiger partial charge in [0.1, 0.15) is 4.21 Å². The monoisotopic (exact) mass is 421 g/mol. The number of likely N-dealkylation sites (N-methyl/N-ethyl adjacent to an activating group) is 1. The molecule has 0 aliphatic heterocycles. The number of nitrogens with zero attached hydrogens (tertiary/aromatic N) is 3. The molecule has 0 saturated carbocycles. The molecule has 27 heavy (non-hydrogen) atoms. The first kappa shape index (κ1) is 19.7. The Morgan fingerprint density at radius 1 is 1.15 bits per heavy atom. The summed E-state index contributed by atoms with van der Waals surface area (Å²) < 4.78 is 27.9. The first-order valence-corrected chi connectivity index (χ1v) is 11.3. The summed E-state index contributed by atoms with van der Waals surface area (Å²) in [4.78, 5) is 17.0. The van der Waals surface area contributed by atoms with Gasteiger partial charge in [-0.05, 0) is 23.9 Å². The van der Waals surface area contributed by atoms with Gasteiger partial charge < -0.3 is 4.57 Å². The van der Waals surface area contributed by atoms with Gasteiger partial charge in [0.15, 0.2) is 4.80 Å². The molecule has 0 aliphatic rings. The quantitative estimate of drug-likeness (QED) is 0.614. The number of amides is 1. The van der Waals surface area contributed by atoms with Crippen molar-refractivity contribution in [1.29, 1.82) is 0 Å². The van der Waals surface area contributed by atoms with Gasteiger partial charge in [-0.2, -0.15) is 9.30 Å². The molecule has 2 heterocycles. The Hall–Kier alpha value is -2.07. The van der Waals surface area contributed by atoms with Crippen LogP contribution < -0.4 is 4.80 Å². The zero-order valence-corrected chi connectivity index (χ0v) is 17.4. The summed E-state index contributed by atoms with van der Waals surface area (Å²) in [5.74, 6) is -0.502. The third-order valence-corrected chi connectivity index (χ3v) is 7.84. The summed E-state index contributed by atoms with van der Waals surface area (Å²) >= 11 is 2.46. The average Bonchev–Trinajstić information content (AvgIpc) is 3.29. The molecule has 142 valence electrons. The van der Waals surface area contributed by atoms with E-state index < -0.39 is 15.9 Å². The van der Waals surface area contributed by atoms with Crippen molar-refractivity contribution in [1.82, 2.24) is 8.87 Å². The molecule has 0 unspecified atom stereocenters. The van der Waals surface area contributed by atoms with E-state index in [9.17, 15) is 13.2 Å². The smallest absolute Gasteiger partial charge is 0.263 e. The van der Waals surface area contributed by atoms with Crippen LogP contribution in [0.4, 0.5) is 0 Å². The molecule has 1 aromatic carbocycles. The number of hydrogen-bond donors (Lipinski definition) is 0. The summed E-state index contributed by atoms with van der Waals surface area (Å²) in [7, 11) is -2.28. The highest BCUT2D eigenvalue weighted by Crippen LogP contribution is 2.19. The van der Waals surface area contributed by atoms with Crippen LogP contribution >= 0.6 is 22.7 Å². The van der Waals surface area contributed by atoms with Crippen molar-refractivity contribution in [3.8, 4) is 0 Å². The highest BCUT2D eigenvalue weighted by molar-refractivity contribution is 7.91. The van der Waals surface area contributed by atoms with Crippen molar-refractivity contribution >= 4 is 38.6 Å². The van der Waals surface area contributed by atoms with Gasteiger partial charge in [0.05, 0.1) is 6.54 Å². The van der Waals surface area contributed by atoms with Crippen LogP contribution in [-0.2, 0) is 21.4 Å². The first-order chi connectivity index (χ1) is 12.9. The largest absolute Gasteiger partial charge is 0.319 e. The molecule has 0 bridgehead atoms. The molecule has 0 saturated heterocycles. The summed E-state index contributed by atoms with van der Waals surface area (Å²) in [6, 6.07) is 11.3. The van der Waals surface area contributed by atoms with E-state index in [0.717, 1.165) is 21.2 Å². The number of rotatable bonds is 6. The van der Waals surface area contributed by atoms with E-state index in [-0.39, 0.29) is 10.8 Å². The molecule has 0 atom stereocenters. The van der Waals surface area contributed by atoms with Crippen molar-refractivity contribution in [3.63, 3.8) is 0 Å². The zero-order chi connectivity index (χ0) is 19.4. The molecule has 3 rings (SSSR count). The van der Waals surface area contributed by atoms with Crippen LogP contribution in [0, 0.1) is 6.92 Å². The summed E-state index contributed by atoms with van der Waals surface area (Å²) in [6.07, 6.45) is 1.86. The van der Waals surface area contributed by atoms with Gasteiger partial charge in [-0.1, -0.05) is 35.9 Å². The molecule has 0 spiro atoms. The van der Waals surface area contributed by atoms with Crippen LogP contribution in [0.2, 0.25) is 0 Å². The second-order valence-electron chi connectivity index (χ2n) is 6.00. The van der Waals surface area contributed by atoms with E-state index in [2.05, 4.69) is 4.99 Å². The van der Waals surface area contributed by atoms with Crippen LogP contribution in [0.15, 0.2) is 62.6 Å². The molecular weight excluding hydrogens is 402 g/mol. The van der Waals surface area contributed by atoms with Gasteiger partial charge in [0, 0.05) is 25.2 Å². The maximum atomic E-state index is 12.4. The van der Waals surface area contributed by atoms with Gasteiger partial charge in [-0.3, -0.25) is 4.79 Å². The number of aryl methyl sites for hydroxylation is 1. The Kier molecular flexibility index (Phi) is 6.05. The minimum absolute atomic E-state index is 0.211. The fraction of sp³-hybridized carbons (Fsp3) is 0.222. The Morgan fingerprint density at radius 2 is 1.89 bits per heavy atom. The van der Waals surface area contributed by atoms with Crippen molar-refractivity contribution in [2.75, 3.05) is 13.6 Å². The predicted molar refractivity (Wildman–Crippen MR) is 107 cm³/mol. The molecular formula is C18H19N3O3S3. The highest BCUT2D eigenvalue weighted by Gasteiger charge is 2.23. The van der Waals surface area contributed by atoms with E-state index in [0.29, 0.717) is 11.3 Å². The summed E-state index contributed by atoms with van der Waals surface area (Å²) in [5, 5.41) is 3.54. The lowest BCUT2D eigenvalue weighted by atomic mass is 10.1. The lowest BCUT2D eigenvalue weighted by molar-refractivity contribution is -0.118. The number of thiophene rings is 1. The standard InChI is InChI=1S/C18H19N3O3S3/c1-14-5-7-15(8-6-14)12-21-9-11-26-18(21)19-16(22)13-20(2)27(23,24)17-4-3-10-25-17/h3-11H,12-13H2,1-2H3. The third-order valence-electron chi connectivity index (χ3n) is 3.87. The molecule has 9 heteroatoms. The van der Waals surface area contributed by atoms with Gasteiger partial charge in [-0.15, -0.1) is 22.7 Å². The Balaban J connectivity index is 1.74. The van der Waals surface area contributed by atoms with Crippen LogP contribution in [0.1, 0.15) is 11.1 Å². The minimum atomic E-state index is -3.66. The molecule has 0 radical (unpaired) electrons. The molecule has 0 fully saturated rings. The van der Waals surface area contributed by atoms with E-state index in [1.54, 1.807) is 11.4 Å². The number of carbonyl (C=O) groups is 1. The number of hydrogen-bond acceptors (Lipinski definition) is 5. The first-order valence-electron chi connectivity index (χ1n) is 8.13. The van der Waals surface area contributed by atoms with E-state index in [4.69, 9.17) is 0 Å². The van der Waals surface area contributed by atoms with Crippen molar-refractivity contribution < 1.29 is 13.2 Å². The number of aromatic nitrogens is 1. The molecule has 0 N–H and O–H groups in total. The topological polar surface area (TPSA) is 71.7 Å². The number of carbonyl (C=O) groups excluding carboxylic acids is 1. The van der Waals surface area contributed by atoms with Crippen molar-refractivity contribution in [2.45, 2.75) is 17.7 Å². The maximum Gasteiger partial charge on any atom is 0.263 e. The van der Waals surface area contributed by atoms with Crippen LogP contribution in [-0.4, -0.2) is 36.8 Å². The van der Waals surface area contributed by atoms with Crippen LogP contribution in [0.5, 0.6) is 0 Å². The van der Waals surface area contributed by atoms with E-state index in [1.807, 2.05) is 47.3 Å². The van der Waals surface area contributed by atoms with E-state index in [1.165, 1.54) is 30.0 Å². The lowest BCUT2D eigenvalue weighted by Gasteiger charge is -2.13. The van der Waals surface area contributed by atoms with Crippen LogP contribution in [0.25, 0.3) is 0 Å². The van der Waals surface area contributed by atoms with Gasteiger partial charge in [0.2, 0.25) is 0 Å². The molecule has 6 nitrogen and oxygen atoms in total. The van der Waals surface area contributed by atoms with E-state index >= 15 is 0 Å². The number of benzene rings is 1. The molecule has 2 aromatic heterocycles. The highest BCUT2D eigenvalue weighted by atomic mass is 32.2. The maximum absolute atomic E-state index is 12.4. The molecule has 1 amide bonds. The van der Waals surface area contributed by atoms with Crippen molar-refractivity contribution in [3.05, 3.63) is 69.3 Å². The number of thiazole rings is 1. The Labute approximate surface area is 166 Å². The number of sulfonamides is 1. The van der Waals surface area contributed by atoms with Crippen molar-refractivity contribution in [2.24, 2.45) is 4.99 Å². The fourth-order valence-corrected chi connectivity index (χ4v) is 5.44. The minimum Gasteiger partial charge on any atom is -0.319 e.